The molecule has 21 heavy (non-hydrogen) atoms. The Labute approximate surface area is 120 Å². The van der Waals surface area contributed by atoms with Gasteiger partial charge in [0.25, 0.3) is 0 Å². The summed E-state index contributed by atoms with van der Waals surface area (Å²) in [5, 5.41) is 9.93. The number of carboxylic acids is 1. The summed E-state index contributed by atoms with van der Waals surface area (Å²) in [5.41, 5.74) is 1.64. The van der Waals surface area contributed by atoms with Gasteiger partial charge in [0.2, 0.25) is 0 Å². The van der Waals surface area contributed by atoms with Crippen molar-refractivity contribution in [3.63, 3.8) is 0 Å². The van der Waals surface area contributed by atoms with E-state index in [4.69, 9.17) is 9.15 Å². The zero-order valence-electron chi connectivity index (χ0n) is 11.2. The SMILES string of the molecule is O=C(O)c1c(COCc2cccnc2)oc2ccccc12. The third-order valence-corrected chi connectivity index (χ3v) is 3.11. The Morgan fingerprint density at radius 3 is 2.81 bits per heavy atom. The zero-order valence-corrected chi connectivity index (χ0v) is 11.2. The largest absolute Gasteiger partial charge is 0.478 e. The highest BCUT2D eigenvalue weighted by atomic mass is 16.5. The molecule has 0 radical (unpaired) electrons. The van der Waals surface area contributed by atoms with Gasteiger partial charge in [-0.1, -0.05) is 24.3 Å². The second-order valence-corrected chi connectivity index (χ2v) is 4.56. The van der Waals surface area contributed by atoms with Gasteiger partial charge in [0.15, 0.2) is 0 Å². The maximum Gasteiger partial charge on any atom is 0.340 e. The molecule has 2 aromatic heterocycles. The average Bonchev–Trinajstić information content (AvgIpc) is 2.86. The molecule has 3 rings (SSSR count). The normalized spacial score (nSPS) is 10.9. The molecule has 3 aromatic rings. The van der Waals surface area contributed by atoms with Crippen LogP contribution in [0.15, 0.2) is 53.2 Å². The molecule has 0 saturated carbocycles. The van der Waals surface area contributed by atoms with Crippen LogP contribution in [-0.4, -0.2) is 16.1 Å². The topological polar surface area (TPSA) is 72.6 Å². The lowest BCUT2D eigenvalue weighted by Gasteiger charge is -2.02. The number of benzene rings is 1. The van der Waals surface area contributed by atoms with E-state index in [1.54, 1.807) is 36.7 Å². The van der Waals surface area contributed by atoms with Gasteiger partial charge in [0.1, 0.15) is 23.5 Å². The van der Waals surface area contributed by atoms with Gasteiger partial charge < -0.3 is 14.3 Å². The van der Waals surface area contributed by atoms with Crippen LogP contribution in [0.3, 0.4) is 0 Å². The third kappa shape index (κ3) is 2.78. The van der Waals surface area contributed by atoms with Gasteiger partial charge in [0.05, 0.1) is 6.61 Å². The molecule has 0 atom stereocenters. The van der Waals surface area contributed by atoms with Crippen molar-refractivity contribution in [2.75, 3.05) is 0 Å². The molecule has 1 aromatic carbocycles. The van der Waals surface area contributed by atoms with Gasteiger partial charge in [-0.15, -0.1) is 0 Å². The highest BCUT2D eigenvalue weighted by molar-refractivity contribution is 6.03. The van der Waals surface area contributed by atoms with Crippen LogP contribution < -0.4 is 0 Å². The number of carbonyl (C=O) groups is 1. The maximum atomic E-state index is 11.4. The number of hydrogen-bond donors (Lipinski definition) is 1. The van der Waals surface area contributed by atoms with Crippen molar-refractivity contribution >= 4 is 16.9 Å². The summed E-state index contributed by atoms with van der Waals surface area (Å²) < 4.78 is 11.1. The molecule has 1 N–H and O–H groups in total. The van der Waals surface area contributed by atoms with Crippen molar-refractivity contribution in [1.82, 2.24) is 4.98 Å². The Kier molecular flexibility index (Phi) is 3.66. The van der Waals surface area contributed by atoms with E-state index < -0.39 is 5.97 Å². The smallest absolute Gasteiger partial charge is 0.340 e. The number of carboxylic acid groups (broad SMARTS) is 1. The number of aromatic nitrogens is 1. The second kappa shape index (κ2) is 5.76. The molecule has 0 bridgehead atoms. The van der Waals surface area contributed by atoms with E-state index in [0.717, 1.165) is 5.56 Å². The zero-order chi connectivity index (χ0) is 14.7. The standard InChI is InChI=1S/C16H13NO4/c18-16(19)15-12-5-1-2-6-13(12)21-14(15)10-20-9-11-4-3-7-17-8-11/h1-8H,9-10H2,(H,18,19). The van der Waals surface area contributed by atoms with Crippen molar-refractivity contribution in [2.45, 2.75) is 13.2 Å². The monoisotopic (exact) mass is 283 g/mol. The summed E-state index contributed by atoms with van der Waals surface area (Å²) in [6.45, 7) is 0.454. The number of fused-ring (bicyclic) bond motifs is 1. The van der Waals surface area contributed by atoms with Crippen LogP contribution in [-0.2, 0) is 18.0 Å². The first-order valence-corrected chi connectivity index (χ1v) is 6.46. The van der Waals surface area contributed by atoms with Gasteiger partial charge in [-0.2, -0.15) is 0 Å². The van der Waals surface area contributed by atoms with Gasteiger partial charge >= 0.3 is 5.97 Å². The molecule has 0 aliphatic rings. The molecule has 0 amide bonds. The summed E-state index contributed by atoms with van der Waals surface area (Å²) in [7, 11) is 0. The first-order chi connectivity index (χ1) is 10.3. The minimum absolute atomic E-state index is 0.102. The molecule has 5 heteroatoms. The number of hydrogen-bond acceptors (Lipinski definition) is 4. The highest BCUT2D eigenvalue weighted by Crippen LogP contribution is 2.26. The maximum absolute atomic E-state index is 11.4. The molecule has 106 valence electrons. The predicted octanol–water partition coefficient (Wildman–Crippen LogP) is 3.24. The summed E-state index contributed by atoms with van der Waals surface area (Å²) in [6, 6.07) is 10.8. The van der Waals surface area contributed by atoms with Gasteiger partial charge in [-0.05, 0) is 17.7 Å². The molecule has 0 aliphatic heterocycles. The van der Waals surface area contributed by atoms with Crippen LogP contribution in [0, 0.1) is 0 Å². The molecule has 0 aliphatic carbocycles. The van der Waals surface area contributed by atoms with Crippen LogP contribution >= 0.6 is 0 Å². The Hall–Kier alpha value is -2.66. The van der Waals surface area contributed by atoms with Crippen LogP contribution in [0.25, 0.3) is 11.0 Å². The molecule has 0 saturated heterocycles. The molecular formula is C16H13NO4. The molecule has 2 heterocycles. The van der Waals surface area contributed by atoms with Gasteiger partial charge in [0, 0.05) is 17.8 Å². The van der Waals surface area contributed by atoms with E-state index in [1.165, 1.54) is 0 Å². The Morgan fingerprint density at radius 2 is 2.05 bits per heavy atom. The third-order valence-electron chi connectivity index (χ3n) is 3.11. The first kappa shape index (κ1) is 13.3. The van der Waals surface area contributed by atoms with Crippen molar-refractivity contribution < 1.29 is 19.1 Å². The van der Waals surface area contributed by atoms with E-state index in [-0.39, 0.29) is 12.2 Å². The van der Waals surface area contributed by atoms with E-state index in [2.05, 4.69) is 4.98 Å². The van der Waals surface area contributed by atoms with E-state index in [1.807, 2.05) is 12.1 Å². The lowest BCUT2D eigenvalue weighted by Crippen LogP contribution is -2.02. The first-order valence-electron chi connectivity index (χ1n) is 6.46. The van der Waals surface area contributed by atoms with E-state index >= 15 is 0 Å². The molecule has 5 nitrogen and oxygen atoms in total. The number of furan rings is 1. The van der Waals surface area contributed by atoms with Gasteiger partial charge in [-0.3, -0.25) is 4.98 Å². The number of para-hydroxylation sites is 1. The van der Waals surface area contributed by atoms with Crippen molar-refractivity contribution in [2.24, 2.45) is 0 Å². The number of pyridine rings is 1. The van der Waals surface area contributed by atoms with Crippen molar-refractivity contribution in [1.29, 1.82) is 0 Å². The predicted molar refractivity (Wildman–Crippen MR) is 75.9 cm³/mol. The second-order valence-electron chi connectivity index (χ2n) is 4.56. The fourth-order valence-electron chi connectivity index (χ4n) is 2.18. The summed E-state index contributed by atoms with van der Waals surface area (Å²) in [5.74, 6) is -0.687. The molecule has 0 fully saturated rings. The quantitative estimate of drug-likeness (QED) is 0.778. The van der Waals surface area contributed by atoms with E-state index in [0.29, 0.717) is 23.3 Å². The van der Waals surface area contributed by atoms with E-state index in [9.17, 15) is 9.90 Å². The Bertz CT molecular complexity index is 764. The lowest BCUT2D eigenvalue weighted by molar-refractivity contribution is 0.0674. The number of aromatic carboxylic acids is 1. The highest BCUT2D eigenvalue weighted by Gasteiger charge is 2.19. The lowest BCUT2D eigenvalue weighted by atomic mass is 10.1. The molecular weight excluding hydrogens is 270 g/mol. The minimum atomic E-state index is -1.01. The number of nitrogens with zero attached hydrogens (tertiary/aromatic N) is 1. The van der Waals surface area contributed by atoms with Gasteiger partial charge in [-0.25, -0.2) is 4.79 Å². The van der Waals surface area contributed by atoms with Crippen molar-refractivity contribution in [3.8, 4) is 0 Å². The van der Waals surface area contributed by atoms with Crippen molar-refractivity contribution in [3.05, 3.63) is 65.7 Å². The van der Waals surface area contributed by atoms with Crippen LogP contribution in [0.2, 0.25) is 0 Å². The van der Waals surface area contributed by atoms with Crippen LogP contribution in [0.4, 0.5) is 0 Å². The minimum Gasteiger partial charge on any atom is -0.478 e. The summed E-state index contributed by atoms with van der Waals surface area (Å²) >= 11 is 0. The number of rotatable bonds is 5. The fourth-order valence-corrected chi connectivity index (χ4v) is 2.18. The summed E-state index contributed by atoms with van der Waals surface area (Å²) in [4.78, 5) is 15.4. The average molecular weight is 283 g/mol. The number of ether oxygens (including phenoxy) is 1. The molecule has 0 unspecified atom stereocenters. The molecule has 0 spiro atoms. The summed E-state index contributed by atoms with van der Waals surface area (Å²) in [6.07, 6.45) is 3.39. The van der Waals surface area contributed by atoms with Crippen LogP contribution in [0.1, 0.15) is 21.7 Å². The Morgan fingerprint density at radius 1 is 1.19 bits per heavy atom. The van der Waals surface area contributed by atoms with Crippen LogP contribution in [0.5, 0.6) is 0 Å². The fraction of sp³-hybridized carbons (Fsp3) is 0.125. The Balaban J connectivity index is 1.80.